The van der Waals surface area contributed by atoms with E-state index in [0.717, 1.165) is 54.4 Å². The molecular weight excluding hydrogens is 885 g/mol. The standard InChI is InChI=1S/C50H78Br2N2O2S2/c1-5-9-13-17-21-25-29-39(30-26-22-18-14-10-6-2)37-53-47(41-33-35-43(51)57-41)45-46(49(53)55)48(42-34-36-44(52)58-42)54(50(45)56)38-40(31-27-23-19-15-11-7-3)32-28-24-20-16-12-8-4/h33-36,39-40H,5-32,37-38H2,1-4H3. The number of hydrogen-bond donors (Lipinski definition) is 0. The molecule has 0 bridgehead atoms. The number of rotatable bonds is 34. The van der Waals surface area contributed by atoms with Crippen molar-refractivity contribution in [2.45, 2.75) is 207 Å². The van der Waals surface area contributed by atoms with Crippen molar-refractivity contribution in [3.05, 3.63) is 52.7 Å². The van der Waals surface area contributed by atoms with Crippen LogP contribution < -0.4 is 0 Å². The first-order chi connectivity index (χ1) is 28.3. The molecule has 4 heterocycles. The van der Waals surface area contributed by atoms with Crippen molar-refractivity contribution in [2.75, 3.05) is 13.1 Å². The van der Waals surface area contributed by atoms with Crippen molar-refractivity contribution in [1.29, 1.82) is 0 Å². The number of unbranched alkanes of at least 4 members (excludes halogenated alkanes) is 20. The van der Waals surface area contributed by atoms with Crippen LogP contribution in [0, 0.1) is 11.8 Å². The summed E-state index contributed by atoms with van der Waals surface area (Å²) in [6.07, 6.45) is 35.3. The average molecular weight is 963 g/mol. The zero-order chi connectivity index (χ0) is 41.5. The number of halogens is 2. The minimum atomic E-state index is 0.0317. The number of thiophene rings is 2. The molecule has 0 N–H and O–H groups in total. The molecule has 2 aromatic rings. The van der Waals surface area contributed by atoms with Gasteiger partial charge < -0.3 is 9.80 Å². The number of carbonyl (C=O) groups excluding carboxylic acids is 2. The maximum absolute atomic E-state index is 15.2. The van der Waals surface area contributed by atoms with E-state index in [1.165, 1.54) is 154 Å². The van der Waals surface area contributed by atoms with E-state index < -0.39 is 0 Å². The van der Waals surface area contributed by atoms with Crippen LogP contribution in [0.25, 0.3) is 11.4 Å². The summed E-state index contributed by atoms with van der Waals surface area (Å²) in [7, 11) is 0. The van der Waals surface area contributed by atoms with Crippen LogP contribution in [-0.2, 0) is 9.59 Å². The molecule has 0 radical (unpaired) electrons. The fraction of sp³-hybridized carbons (Fsp3) is 0.720. The number of amides is 2. The molecule has 0 saturated carbocycles. The monoisotopic (exact) mass is 960 g/mol. The van der Waals surface area contributed by atoms with Crippen molar-refractivity contribution in [3.8, 4) is 0 Å². The molecule has 0 aromatic carbocycles. The fourth-order valence-corrected chi connectivity index (χ4v) is 12.1. The number of fused-ring (bicyclic) bond motifs is 1. The SMILES string of the molecule is CCCCCCCCC(CCCCCCCC)CN1C(=O)C2=C(c3ccc(Br)s3)N(CC(CCCCCCCC)CCCCCCCC)C(=O)C2=C1c1ccc(Br)s1. The molecule has 2 aromatic heterocycles. The van der Waals surface area contributed by atoms with Crippen LogP contribution in [0.2, 0.25) is 0 Å². The second-order valence-corrected chi connectivity index (χ2v) is 22.4. The van der Waals surface area contributed by atoms with E-state index in [2.05, 4.69) is 93.6 Å². The van der Waals surface area contributed by atoms with E-state index in [1.807, 2.05) is 0 Å². The Balaban J connectivity index is 1.66. The molecule has 0 unspecified atom stereocenters. The van der Waals surface area contributed by atoms with Crippen LogP contribution in [0.15, 0.2) is 43.0 Å². The van der Waals surface area contributed by atoms with E-state index in [4.69, 9.17) is 0 Å². The van der Waals surface area contributed by atoms with Gasteiger partial charge in [-0.15, -0.1) is 22.7 Å². The lowest BCUT2D eigenvalue weighted by atomic mass is 9.93. The van der Waals surface area contributed by atoms with Crippen molar-refractivity contribution >= 4 is 77.7 Å². The van der Waals surface area contributed by atoms with Crippen molar-refractivity contribution < 1.29 is 9.59 Å². The molecule has 0 fully saturated rings. The Labute approximate surface area is 379 Å². The van der Waals surface area contributed by atoms with Gasteiger partial charge in [0, 0.05) is 13.1 Å². The number of carbonyl (C=O) groups is 2. The molecule has 8 heteroatoms. The minimum Gasteiger partial charge on any atom is -0.306 e. The second-order valence-electron chi connectivity index (χ2n) is 17.4. The molecule has 4 nitrogen and oxygen atoms in total. The van der Waals surface area contributed by atoms with E-state index >= 15 is 9.59 Å². The second kappa shape index (κ2) is 28.4. The van der Waals surface area contributed by atoms with Gasteiger partial charge in [-0.1, -0.05) is 182 Å². The first-order valence-electron chi connectivity index (χ1n) is 24.0. The van der Waals surface area contributed by atoms with Crippen molar-refractivity contribution in [2.24, 2.45) is 11.8 Å². The normalized spacial score (nSPS) is 14.6. The predicted octanol–water partition coefficient (Wildman–Crippen LogP) is 17.4. The molecule has 326 valence electrons. The lowest BCUT2D eigenvalue weighted by Crippen LogP contribution is -2.34. The minimum absolute atomic E-state index is 0.0317. The van der Waals surface area contributed by atoms with Gasteiger partial charge in [0.25, 0.3) is 11.8 Å². The molecule has 58 heavy (non-hydrogen) atoms. The van der Waals surface area contributed by atoms with Gasteiger partial charge >= 0.3 is 0 Å². The third-order valence-corrected chi connectivity index (χ3v) is 15.8. The summed E-state index contributed by atoms with van der Waals surface area (Å²) in [6, 6.07) is 8.39. The molecule has 0 spiro atoms. The Bertz CT molecular complexity index is 1410. The fourth-order valence-electron chi connectivity index (χ4n) is 9.16. The lowest BCUT2D eigenvalue weighted by Gasteiger charge is -2.29. The summed E-state index contributed by atoms with van der Waals surface area (Å²) in [5.41, 5.74) is 3.01. The van der Waals surface area contributed by atoms with Gasteiger partial charge in [0.15, 0.2) is 0 Å². The van der Waals surface area contributed by atoms with Crippen LogP contribution >= 0.6 is 54.5 Å². The van der Waals surface area contributed by atoms with E-state index in [-0.39, 0.29) is 11.8 Å². The first-order valence-corrected chi connectivity index (χ1v) is 27.2. The van der Waals surface area contributed by atoms with Gasteiger partial charge in [0.05, 0.1) is 39.9 Å². The van der Waals surface area contributed by atoms with E-state index in [1.54, 1.807) is 22.7 Å². The summed E-state index contributed by atoms with van der Waals surface area (Å²) in [5.74, 6) is 0.905. The molecule has 0 saturated heterocycles. The van der Waals surface area contributed by atoms with E-state index in [0.29, 0.717) is 36.1 Å². The summed E-state index contributed by atoms with van der Waals surface area (Å²) in [4.78, 5) is 36.6. The molecule has 2 amide bonds. The highest BCUT2D eigenvalue weighted by molar-refractivity contribution is 9.11. The Hall–Kier alpha value is -1.22. The molecule has 0 atom stereocenters. The lowest BCUT2D eigenvalue weighted by molar-refractivity contribution is -0.124. The Kier molecular flexibility index (Phi) is 24.2. The molecule has 4 rings (SSSR count). The summed E-state index contributed by atoms with van der Waals surface area (Å²) in [6.45, 7) is 10.5. The third kappa shape index (κ3) is 15.6. The zero-order valence-electron chi connectivity index (χ0n) is 37.0. The van der Waals surface area contributed by atoms with Gasteiger partial charge in [-0.2, -0.15) is 0 Å². The molecule has 2 aliphatic heterocycles. The van der Waals surface area contributed by atoms with Crippen LogP contribution in [0.5, 0.6) is 0 Å². The summed E-state index contributed by atoms with van der Waals surface area (Å²) in [5, 5.41) is 0. The quantitative estimate of drug-likeness (QED) is 0.0656. The summed E-state index contributed by atoms with van der Waals surface area (Å²) < 4.78 is 2.05. The summed E-state index contributed by atoms with van der Waals surface area (Å²) >= 11 is 10.8. The van der Waals surface area contributed by atoms with Gasteiger partial charge in [0.2, 0.25) is 0 Å². The molecule has 0 aliphatic carbocycles. The van der Waals surface area contributed by atoms with Crippen LogP contribution in [0.3, 0.4) is 0 Å². The predicted molar refractivity (Wildman–Crippen MR) is 260 cm³/mol. The highest BCUT2D eigenvalue weighted by Gasteiger charge is 2.50. The van der Waals surface area contributed by atoms with Crippen LogP contribution in [-0.4, -0.2) is 34.7 Å². The highest BCUT2D eigenvalue weighted by Crippen LogP contribution is 2.50. The van der Waals surface area contributed by atoms with Crippen molar-refractivity contribution in [1.82, 2.24) is 9.80 Å². The molecule has 2 aliphatic rings. The third-order valence-electron chi connectivity index (χ3n) is 12.5. The Morgan fingerprint density at radius 2 is 0.707 bits per heavy atom. The van der Waals surface area contributed by atoms with Gasteiger partial charge in [0.1, 0.15) is 0 Å². The van der Waals surface area contributed by atoms with Gasteiger partial charge in [-0.25, -0.2) is 0 Å². The maximum atomic E-state index is 15.2. The largest absolute Gasteiger partial charge is 0.306 e. The number of nitrogens with zero attached hydrogens (tertiary/aromatic N) is 2. The smallest absolute Gasteiger partial charge is 0.261 e. The highest BCUT2D eigenvalue weighted by atomic mass is 79.9. The van der Waals surface area contributed by atoms with Crippen LogP contribution in [0.1, 0.15) is 217 Å². The average Bonchev–Trinajstić information content (AvgIpc) is 3.98. The molecular formula is C50H78Br2N2O2S2. The first kappa shape index (κ1) is 49.4. The topological polar surface area (TPSA) is 40.6 Å². The van der Waals surface area contributed by atoms with Crippen molar-refractivity contribution in [3.63, 3.8) is 0 Å². The van der Waals surface area contributed by atoms with Gasteiger partial charge in [-0.3, -0.25) is 9.59 Å². The van der Waals surface area contributed by atoms with E-state index in [9.17, 15) is 0 Å². The van der Waals surface area contributed by atoms with Crippen LogP contribution in [0.4, 0.5) is 0 Å². The Morgan fingerprint density at radius 3 is 0.966 bits per heavy atom. The van der Waals surface area contributed by atoms with Gasteiger partial charge in [-0.05, 0) is 93.6 Å². The Morgan fingerprint density at radius 1 is 0.431 bits per heavy atom. The maximum Gasteiger partial charge on any atom is 0.261 e. The zero-order valence-corrected chi connectivity index (χ0v) is 41.8. The number of hydrogen-bond acceptors (Lipinski definition) is 4.